The first-order valence-corrected chi connectivity index (χ1v) is 10.6. The molecule has 8 nitrogen and oxygen atoms in total. The molecule has 15 heteroatoms. The number of pyridine rings is 1. The number of hydrogen-bond acceptors (Lipinski definition) is 7. The zero-order valence-electron chi connectivity index (χ0n) is 17.8. The lowest BCUT2D eigenvalue weighted by atomic mass is 9.92. The molecule has 2 fully saturated rings. The van der Waals surface area contributed by atoms with Crippen LogP contribution >= 0.6 is 0 Å². The van der Waals surface area contributed by atoms with E-state index in [2.05, 4.69) is 30.1 Å². The first-order valence-electron chi connectivity index (χ1n) is 10.6. The van der Waals surface area contributed by atoms with Gasteiger partial charge in [0.25, 0.3) is 0 Å². The van der Waals surface area contributed by atoms with Crippen LogP contribution in [-0.2, 0) is 6.18 Å². The number of fused-ring (bicyclic) bond motifs is 3. The van der Waals surface area contributed by atoms with Gasteiger partial charge in [-0.1, -0.05) is 0 Å². The van der Waals surface area contributed by atoms with E-state index < -0.39 is 41.9 Å². The van der Waals surface area contributed by atoms with Gasteiger partial charge in [0.15, 0.2) is 29.6 Å². The minimum absolute atomic E-state index is 0.00207. The highest BCUT2D eigenvalue weighted by Gasteiger charge is 2.44. The Labute approximate surface area is 193 Å². The normalized spacial score (nSPS) is 22.6. The van der Waals surface area contributed by atoms with Crippen LogP contribution in [-0.4, -0.2) is 56.5 Å². The summed E-state index contributed by atoms with van der Waals surface area (Å²) >= 11 is 0. The van der Waals surface area contributed by atoms with Crippen molar-refractivity contribution in [3.8, 4) is 5.75 Å². The van der Waals surface area contributed by atoms with Crippen molar-refractivity contribution < 1.29 is 35.5 Å². The largest absolute Gasteiger partial charge is 0.480 e. The van der Waals surface area contributed by atoms with Gasteiger partial charge in [-0.05, 0) is 36.8 Å². The molecule has 35 heavy (non-hydrogen) atoms. The molecular weight excluding hydrogens is 487 g/mol. The second-order valence-corrected chi connectivity index (χ2v) is 8.52. The fraction of sp³-hybridized carbons (Fsp3) is 0.500. The molecule has 0 radical (unpaired) electrons. The summed E-state index contributed by atoms with van der Waals surface area (Å²) in [6.45, 7) is -0.793. The zero-order chi connectivity index (χ0) is 25.0. The fourth-order valence-electron chi connectivity index (χ4n) is 4.81. The highest BCUT2D eigenvalue weighted by molar-refractivity contribution is 5.57. The molecule has 0 spiro atoms. The molecule has 1 unspecified atom stereocenters. The number of rotatable bonds is 5. The first-order chi connectivity index (χ1) is 16.5. The van der Waals surface area contributed by atoms with Crippen LogP contribution in [0.3, 0.4) is 0 Å². The van der Waals surface area contributed by atoms with Gasteiger partial charge in [0.2, 0.25) is 5.95 Å². The Morgan fingerprint density at radius 3 is 2.40 bits per heavy atom. The van der Waals surface area contributed by atoms with Crippen molar-refractivity contribution in [1.82, 2.24) is 24.6 Å². The molecule has 1 saturated heterocycles. The van der Waals surface area contributed by atoms with E-state index in [1.165, 1.54) is 6.33 Å². The molecule has 3 aromatic heterocycles. The van der Waals surface area contributed by atoms with Gasteiger partial charge in [-0.25, -0.2) is 18.9 Å². The number of halogens is 7. The van der Waals surface area contributed by atoms with Crippen molar-refractivity contribution >= 4 is 17.4 Å². The summed E-state index contributed by atoms with van der Waals surface area (Å²) in [5.74, 6) is -1.01. The van der Waals surface area contributed by atoms with Gasteiger partial charge < -0.3 is 15.0 Å². The number of alkyl halides is 6. The Morgan fingerprint density at radius 2 is 1.77 bits per heavy atom. The van der Waals surface area contributed by atoms with Crippen LogP contribution in [0.5, 0.6) is 5.75 Å². The molecular formula is C20H18F7N7O. The Kier molecular flexibility index (Phi) is 5.59. The van der Waals surface area contributed by atoms with Gasteiger partial charge in [-0.2, -0.15) is 31.3 Å². The van der Waals surface area contributed by atoms with E-state index in [1.54, 1.807) is 4.90 Å². The second-order valence-electron chi connectivity index (χ2n) is 8.52. The van der Waals surface area contributed by atoms with Crippen LogP contribution in [0.2, 0.25) is 0 Å². The Morgan fingerprint density at radius 1 is 1.06 bits per heavy atom. The molecule has 0 aromatic carbocycles. The Bertz CT molecular complexity index is 1210. The van der Waals surface area contributed by atoms with Crippen molar-refractivity contribution in [2.75, 3.05) is 29.9 Å². The molecule has 4 heterocycles. The summed E-state index contributed by atoms with van der Waals surface area (Å²) in [7, 11) is 0. The topological polar surface area (TPSA) is 80.5 Å². The molecule has 1 aliphatic carbocycles. The summed E-state index contributed by atoms with van der Waals surface area (Å²) in [5, 5.41) is 6.94. The van der Waals surface area contributed by atoms with Crippen molar-refractivity contribution in [2.24, 2.45) is 11.8 Å². The van der Waals surface area contributed by atoms with Crippen LogP contribution in [0.4, 0.5) is 42.5 Å². The maximum absolute atomic E-state index is 14.1. The average Bonchev–Trinajstić information content (AvgIpc) is 3.28. The van der Waals surface area contributed by atoms with Crippen molar-refractivity contribution in [1.29, 1.82) is 0 Å². The van der Waals surface area contributed by atoms with Gasteiger partial charge in [0.1, 0.15) is 12.0 Å². The lowest BCUT2D eigenvalue weighted by molar-refractivity contribution is -0.153. The Balaban J connectivity index is 1.41. The molecule has 0 amide bonds. The van der Waals surface area contributed by atoms with Gasteiger partial charge in [-0.15, -0.1) is 5.10 Å². The summed E-state index contributed by atoms with van der Waals surface area (Å²) in [4.78, 5) is 13.5. The third-order valence-electron chi connectivity index (χ3n) is 6.21. The van der Waals surface area contributed by atoms with E-state index in [0.717, 1.165) is 25.1 Å². The lowest BCUT2D eigenvalue weighted by Gasteiger charge is -2.38. The van der Waals surface area contributed by atoms with E-state index in [9.17, 15) is 30.7 Å². The fourth-order valence-corrected chi connectivity index (χ4v) is 4.81. The number of piperidine rings is 1. The highest BCUT2D eigenvalue weighted by Crippen LogP contribution is 2.40. The molecule has 1 saturated carbocycles. The number of nitrogens with one attached hydrogen (secondary N) is 1. The standard InChI is InChI=1S/C20H18F7N7O/c21-12-5-28-9-29-16(12)33-6-10-1-2-11(7-33)15(10)30-18-31-17-13(35-8-19(22,23)24)3-4-14(20(25,26)27)34(17)32-18/h3-5,9-11,15H,1-2,6-8H2,(H,30,32)/t10-,11+,15?. The molecule has 188 valence electrons. The van der Waals surface area contributed by atoms with Crippen LogP contribution in [0, 0.1) is 17.7 Å². The van der Waals surface area contributed by atoms with Crippen molar-refractivity contribution in [2.45, 2.75) is 31.2 Å². The number of anilines is 2. The third kappa shape index (κ3) is 4.62. The minimum atomic E-state index is -4.82. The first kappa shape index (κ1) is 23.4. The maximum Gasteiger partial charge on any atom is 0.433 e. The molecule has 1 N–H and O–H groups in total. The molecule has 1 aliphatic heterocycles. The van der Waals surface area contributed by atoms with Crippen molar-refractivity contribution in [3.05, 3.63) is 36.2 Å². The van der Waals surface area contributed by atoms with Crippen molar-refractivity contribution in [3.63, 3.8) is 0 Å². The molecule has 3 aromatic rings. The van der Waals surface area contributed by atoms with Crippen LogP contribution < -0.4 is 15.0 Å². The minimum Gasteiger partial charge on any atom is -0.480 e. The number of aromatic nitrogens is 5. The molecule has 2 bridgehead atoms. The van der Waals surface area contributed by atoms with E-state index in [0.29, 0.717) is 23.7 Å². The van der Waals surface area contributed by atoms with Crippen LogP contribution in [0.15, 0.2) is 24.7 Å². The molecule has 5 rings (SSSR count). The van der Waals surface area contributed by atoms with E-state index in [-0.39, 0.29) is 29.6 Å². The smallest absolute Gasteiger partial charge is 0.433 e. The summed E-state index contributed by atoms with van der Waals surface area (Å²) < 4.78 is 97.5. The number of nitrogens with zero attached hydrogens (tertiary/aromatic N) is 6. The lowest BCUT2D eigenvalue weighted by Crippen LogP contribution is -2.48. The monoisotopic (exact) mass is 505 g/mol. The Hall–Kier alpha value is -3.39. The van der Waals surface area contributed by atoms with Gasteiger partial charge >= 0.3 is 12.4 Å². The highest BCUT2D eigenvalue weighted by atomic mass is 19.4. The average molecular weight is 505 g/mol. The summed E-state index contributed by atoms with van der Waals surface area (Å²) in [5.41, 5.74) is -1.69. The number of hydrogen-bond donors (Lipinski definition) is 1. The predicted molar refractivity (Wildman–Crippen MR) is 107 cm³/mol. The third-order valence-corrected chi connectivity index (χ3v) is 6.21. The van der Waals surface area contributed by atoms with E-state index in [1.807, 2.05) is 0 Å². The van der Waals surface area contributed by atoms with E-state index >= 15 is 0 Å². The van der Waals surface area contributed by atoms with Crippen LogP contribution in [0.1, 0.15) is 18.5 Å². The molecule has 2 aliphatic rings. The molecule has 3 atom stereocenters. The summed E-state index contributed by atoms with van der Waals surface area (Å²) in [6.07, 6.45) is -5.61. The predicted octanol–water partition coefficient (Wildman–Crippen LogP) is 3.95. The zero-order valence-corrected chi connectivity index (χ0v) is 17.8. The van der Waals surface area contributed by atoms with E-state index in [4.69, 9.17) is 0 Å². The second kappa shape index (κ2) is 8.37. The van der Waals surface area contributed by atoms with Gasteiger partial charge in [0, 0.05) is 19.1 Å². The van der Waals surface area contributed by atoms with Crippen LogP contribution in [0.25, 0.3) is 5.65 Å². The number of ether oxygens (including phenoxy) is 1. The SMILES string of the molecule is Fc1cncnc1N1C[C@H]2CC[C@@H](C1)C2Nc1nc2c(OCC(F)(F)F)ccc(C(F)(F)F)n2n1. The summed E-state index contributed by atoms with van der Waals surface area (Å²) in [6, 6.07) is 1.17. The van der Waals surface area contributed by atoms with Gasteiger partial charge in [0.05, 0.1) is 6.20 Å². The van der Waals surface area contributed by atoms with Gasteiger partial charge in [-0.3, -0.25) is 0 Å². The maximum atomic E-state index is 14.1. The quantitative estimate of drug-likeness (QED) is 0.526.